The van der Waals surface area contributed by atoms with Crippen molar-refractivity contribution in [1.29, 1.82) is 0 Å². The zero-order chi connectivity index (χ0) is 16.8. The Morgan fingerprint density at radius 2 is 1.82 bits per heavy atom. The molecule has 0 heterocycles. The minimum atomic E-state index is -0.184. The van der Waals surface area contributed by atoms with Crippen LogP contribution in [0.5, 0.6) is 0 Å². The smallest absolute Gasteiger partial charge is 0.308 e. The van der Waals surface area contributed by atoms with Crippen LogP contribution in [0.1, 0.15) is 34.1 Å². The Morgan fingerprint density at radius 1 is 1.14 bits per heavy atom. The van der Waals surface area contributed by atoms with Gasteiger partial charge in [-0.2, -0.15) is 11.8 Å². The predicted molar refractivity (Wildman–Crippen MR) is 87.8 cm³/mol. The summed E-state index contributed by atoms with van der Waals surface area (Å²) in [5, 5.41) is 2.82. The van der Waals surface area contributed by atoms with E-state index in [1.165, 1.54) is 6.92 Å². The van der Waals surface area contributed by atoms with Crippen LogP contribution in [0.2, 0.25) is 0 Å². The molecule has 22 heavy (non-hydrogen) atoms. The number of nitrogens with one attached hydrogen (secondary N) is 1. The van der Waals surface area contributed by atoms with E-state index in [0.717, 1.165) is 17.9 Å². The van der Waals surface area contributed by atoms with Crippen molar-refractivity contribution in [3.8, 4) is 0 Å². The summed E-state index contributed by atoms with van der Waals surface area (Å²) in [6.45, 7) is 8.67. The molecule has 7 heteroatoms. The first-order chi connectivity index (χ1) is 10.5. The molecule has 0 aliphatic rings. The minimum absolute atomic E-state index is 0.00761. The van der Waals surface area contributed by atoms with Crippen LogP contribution < -0.4 is 5.32 Å². The minimum Gasteiger partial charge on any atom is -0.463 e. The lowest BCUT2D eigenvalue weighted by Crippen LogP contribution is -2.32. The SMILES string of the molecule is CCC(C)C(=O)OCCOCOCCSCC(C)NC(C)=O. The molecule has 0 bridgehead atoms. The Labute approximate surface area is 137 Å². The van der Waals surface area contributed by atoms with Crippen LogP contribution in [-0.4, -0.2) is 56.0 Å². The van der Waals surface area contributed by atoms with E-state index in [1.54, 1.807) is 11.8 Å². The van der Waals surface area contributed by atoms with Gasteiger partial charge in [0.1, 0.15) is 13.4 Å². The Hall–Kier alpha value is -0.790. The third-order valence-corrected chi connectivity index (χ3v) is 4.03. The molecule has 1 N–H and O–H groups in total. The van der Waals surface area contributed by atoms with Gasteiger partial charge in [0.2, 0.25) is 5.91 Å². The number of hydrogen-bond acceptors (Lipinski definition) is 6. The van der Waals surface area contributed by atoms with E-state index >= 15 is 0 Å². The lowest BCUT2D eigenvalue weighted by Gasteiger charge is -2.12. The summed E-state index contributed by atoms with van der Waals surface area (Å²) in [6.07, 6.45) is 0.779. The second-order valence-corrected chi connectivity index (χ2v) is 6.24. The lowest BCUT2D eigenvalue weighted by atomic mass is 10.1. The van der Waals surface area contributed by atoms with Gasteiger partial charge in [0.05, 0.1) is 19.1 Å². The number of thioether (sulfide) groups is 1. The Bertz CT molecular complexity index is 314. The molecule has 0 rings (SSSR count). The molecule has 0 aromatic heterocycles. The molecule has 0 spiro atoms. The van der Waals surface area contributed by atoms with Gasteiger partial charge in [0, 0.05) is 24.5 Å². The molecule has 1 amide bonds. The highest BCUT2D eigenvalue weighted by molar-refractivity contribution is 7.99. The second-order valence-electron chi connectivity index (χ2n) is 5.09. The molecule has 0 aliphatic carbocycles. The largest absolute Gasteiger partial charge is 0.463 e. The Morgan fingerprint density at radius 3 is 2.45 bits per heavy atom. The fourth-order valence-electron chi connectivity index (χ4n) is 1.45. The fourth-order valence-corrected chi connectivity index (χ4v) is 2.29. The van der Waals surface area contributed by atoms with Crippen molar-refractivity contribution < 1.29 is 23.8 Å². The first kappa shape index (κ1) is 21.2. The van der Waals surface area contributed by atoms with Crippen LogP contribution in [0.4, 0.5) is 0 Å². The van der Waals surface area contributed by atoms with Gasteiger partial charge in [-0.3, -0.25) is 9.59 Å². The number of esters is 1. The van der Waals surface area contributed by atoms with Crippen molar-refractivity contribution in [3.05, 3.63) is 0 Å². The molecule has 0 aliphatic heterocycles. The highest BCUT2D eigenvalue weighted by Gasteiger charge is 2.11. The van der Waals surface area contributed by atoms with Crippen molar-refractivity contribution in [3.63, 3.8) is 0 Å². The number of carbonyl (C=O) groups is 2. The van der Waals surface area contributed by atoms with E-state index in [-0.39, 0.29) is 37.2 Å². The third kappa shape index (κ3) is 12.9. The molecule has 0 aromatic rings. The van der Waals surface area contributed by atoms with Crippen LogP contribution >= 0.6 is 11.8 Å². The number of amides is 1. The number of carbonyl (C=O) groups excluding carboxylic acids is 2. The van der Waals surface area contributed by atoms with Gasteiger partial charge in [-0.25, -0.2) is 0 Å². The molecule has 0 saturated heterocycles. The molecule has 0 fully saturated rings. The molecule has 2 unspecified atom stereocenters. The summed E-state index contributed by atoms with van der Waals surface area (Å²) in [5.41, 5.74) is 0. The summed E-state index contributed by atoms with van der Waals surface area (Å²) >= 11 is 1.72. The van der Waals surface area contributed by atoms with E-state index in [4.69, 9.17) is 14.2 Å². The quantitative estimate of drug-likeness (QED) is 0.314. The monoisotopic (exact) mass is 335 g/mol. The average Bonchev–Trinajstić information content (AvgIpc) is 2.47. The number of rotatable bonds is 13. The topological polar surface area (TPSA) is 73.9 Å². The zero-order valence-corrected chi connectivity index (χ0v) is 14.9. The van der Waals surface area contributed by atoms with E-state index in [0.29, 0.717) is 13.2 Å². The van der Waals surface area contributed by atoms with Crippen LogP contribution in [-0.2, 0) is 23.8 Å². The van der Waals surface area contributed by atoms with Gasteiger partial charge < -0.3 is 19.5 Å². The third-order valence-electron chi connectivity index (χ3n) is 2.84. The van der Waals surface area contributed by atoms with Crippen molar-refractivity contribution in [2.45, 2.75) is 40.2 Å². The maximum atomic E-state index is 11.4. The normalized spacial score (nSPS) is 13.5. The molecular weight excluding hydrogens is 306 g/mol. The lowest BCUT2D eigenvalue weighted by molar-refractivity contribution is -0.151. The average molecular weight is 335 g/mol. The first-order valence-electron chi connectivity index (χ1n) is 7.64. The standard InChI is InChI=1S/C15H29NO5S/c1-5-12(2)15(18)21-7-6-19-11-20-8-9-22-10-13(3)16-14(4)17/h12-13H,5-11H2,1-4H3,(H,16,17). The molecule has 0 aromatic carbocycles. The van der Waals surface area contributed by atoms with Crippen LogP contribution in [0.3, 0.4) is 0 Å². The van der Waals surface area contributed by atoms with Gasteiger partial charge in [0.25, 0.3) is 0 Å². The summed E-state index contributed by atoms with van der Waals surface area (Å²) in [6, 6.07) is 0.166. The Kier molecular flexibility index (Phi) is 13.3. The van der Waals surface area contributed by atoms with Crippen molar-refractivity contribution in [2.24, 2.45) is 5.92 Å². The number of hydrogen-bond donors (Lipinski definition) is 1. The van der Waals surface area contributed by atoms with E-state index in [2.05, 4.69) is 5.32 Å². The molecule has 2 atom stereocenters. The van der Waals surface area contributed by atoms with Gasteiger partial charge in [-0.1, -0.05) is 13.8 Å². The van der Waals surface area contributed by atoms with Crippen LogP contribution in [0.25, 0.3) is 0 Å². The van der Waals surface area contributed by atoms with Crippen LogP contribution in [0, 0.1) is 5.92 Å². The first-order valence-corrected chi connectivity index (χ1v) is 8.79. The van der Waals surface area contributed by atoms with E-state index in [1.807, 2.05) is 20.8 Å². The van der Waals surface area contributed by atoms with Crippen molar-refractivity contribution >= 4 is 23.6 Å². The maximum absolute atomic E-state index is 11.4. The van der Waals surface area contributed by atoms with Crippen molar-refractivity contribution in [1.82, 2.24) is 5.32 Å². The summed E-state index contributed by atoms with van der Waals surface area (Å²) in [5.74, 6) is 1.45. The fraction of sp³-hybridized carbons (Fsp3) is 0.867. The molecule has 130 valence electrons. The van der Waals surface area contributed by atoms with Gasteiger partial charge >= 0.3 is 5.97 Å². The summed E-state index contributed by atoms with van der Waals surface area (Å²) < 4.78 is 15.6. The highest BCUT2D eigenvalue weighted by Crippen LogP contribution is 2.03. The van der Waals surface area contributed by atoms with Crippen LogP contribution in [0.15, 0.2) is 0 Å². The highest BCUT2D eigenvalue weighted by atomic mass is 32.2. The second kappa shape index (κ2) is 13.8. The van der Waals surface area contributed by atoms with E-state index in [9.17, 15) is 9.59 Å². The van der Waals surface area contributed by atoms with Crippen molar-refractivity contribution in [2.75, 3.05) is 38.1 Å². The Balaban J connectivity index is 3.27. The molecule has 6 nitrogen and oxygen atoms in total. The number of ether oxygens (including phenoxy) is 3. The summed E-state index contributed by atoms with van der Waals surface area (Å²) in [7, 11) is 0. The molecule has 0 saturated carbocycles. The van der Waals surface area contributed by atoms with Gasteiger partial charge in [-0.15, -0.1) is 0 Å². The zero-order valence-electron chi connectivity index (χ0n) is 14.1. The van der Waals surface area contributed by atoms with Gasteiger partial charge in [-0.05, 0) is 13.3 Å². The molecular formula is C15H29NO5S. The maximum Gasteiger partial charge on any atom is 0.308 e. The summed E-state index contributed by atoms with van der Waals surface area (Å²) in [4.78, 5) is 22.2. The van der Waals surface area contributed by atoms with Gasteiger partial charge in [0.15, 0.2) is 0 Å². The van der Waals surface area contributed by atoms with E-state index < -0.39 is 0 Å². The predicted octanol–water partition coefficient (Wildman–Crippen LogP) is 1.82. The molecule has 0 radical (unpaired) electrons.